The number of nitrogens with zero attached hydrogens (tertiary/aromatic N) is 3. The third-order valence-corrected chi connectivity index (χ3v) is 9.00. The van der Waals surface area contributed by atoms with Crippen molar-refractivity contribution in [1.29, 1.82) is 0 Å². The van der Waals surface area contributed by atoms with Gasteiger partial charge >= 0.3 is 0 Å². The van der Waals surface area contributed by atoms with E-state index in [4.69, 9.17) is 4.74 Å². The summed E-state index contributed by atoms with van der Waals surface area (Å²) in [5.74, 6) is 0.108. The zero-order chi connectivity index (χ0) is 26.6. The molecule has 3 heterocycles. The number of aryl methyl sites for hydroxylation is 2. The Morgan fingerprint density at radius 3 is 2.46 bits per heavy atom. The van der Waals surface area contributed by atoms with E-state index in [1.165, 1.54) is 12.1 Å². The maximum Gasteiger partial charge on any atom is 0.296 e. The van der Waals surface area contributed by atoms with Gasteiger partial charge in [-0.2, -0.15) is 4.98 Å². The van der Waals surface area contributed by atoms with Gasteiger partial charge in [0.05, 0.1) is 4.90 Å². The lowest BCUT2D eigenvalue weighted by molar-refractivity contribution is 0.0454. The maximum absolute atomic E-state index is 13.7. The molecule has 1 N–H and O–H groups in total. The van der Waals surface area contributed by atoms with Crippen LogP contribution in [0.15, 0.2) is 57.3 Å². The fourth-order valence-electron chi connectivity index (χ4n) is 5.20. The van der Waals surface area contributed by atoms with Gasteiger partial charge in [0.25, 0.3) is 5.56 Å². The molecule has 4 rings (SSSR count). The number of ether oxygens (including phenoxy) is 1. The molecular formula is C28H35N3O5S. The maximum atomic E-state index is 13.7. The standard InChI is InChI=1S/C28H35N3O5S/c1-4-6-7-25-30-27(32)26(28(33)31(25)24(5-2)21-13-16-36-17-14-21)37(34,35)22-10-8-20(9-11-22)23-12-15-29-18-19(23)3/h8-12,15,18,21,24,33H,4-7,13-14,16-17H2,1-3H3. The van der Waals surface area contributed by atoms with Crippen LogP contribution in [0.3, 0.4) is 0 Å². The van der Waals surface area contributed by atoms with E-state index >= 15 is 0 Å². The fraction of sp³-hybridized carbons (Fsp3) is 0.464. The van der Waals surface area contributed by atoms with Crippen LogP contribution >= 0.6 is 0 Å². The van der Waals surface area contributed by atoms with Crippen LogP contribution in [-0.4, -0.2) is 41.3 Å². The van der Waals surface area contributed by atoms with Gasteiger partial charge in [0, 0.05) is 38.1 Å². The Balaban J connectivity index is 1.81. The van der Waals surface area contributed by atoms with E-state index in [2.05, 4.69) is 9.97 Å². The van der Waals surface area contributed by atoms with Crippen LogP contribution in [0.2, 0.25) is 0 Å². The van der Waals surface area contributed by atoms with Crippen LogP contribution in [0.25, 0.3) is 11.1 Å². The topological polar surface area (TPSA) is 111 Å². The number of hydrogen-bond donors (Lipinski definition) is 1. The number of aromatic nitrogens is 3. The van der Waals surface area contributed by atoms with Crippen molar-refractivity contribution >= 4 is 9.84 Å². The molecule has 1 aliphatic rings. The third-order valence-electron chi connectivity index (χ3n) is 7.21. The molecule has 8 nitrogen and oxygen atoms in total. The zero-order valence-corrected chi connectivity index (χ0v) is 22.5. The van der Waals surface area contributed by atoms with Crippen molar-refractivity contribution in [3.05, 3.63) is 64.5 Å². The molecule has 37 heavy (non-hydrogen) atoms. The second kappa shape index (κ2) is 11.6. The SMILES string of the molecule is CCCCc1nc(=O)c(S(=O)(=O)c2ccc(-c3ccncc3C)cc2)c(O)n1C(CC)C1CCOCC1. The van der Waals surface area contributed by atoms with Crippen molar-refractivity contribution in [2.75, 3.05) is 13.2 Å². The minimum absolute atomic E-state index is 0.0656. The molecular weight excluding hydrogens is 490 g/mol. The summed E-state index contributed by atoms with van der Waals surface area (Å²) >= 11 is 0. The summed E-state index contributed by atoms with van der Waals surface area (Å²) in [5, 5.41) is 11.5. The molecule has 1 aliphatic heterocycles. The predicted molar refractivity (Wildman–Crippen MR) is 142 cm³/mol. The summed E-state index contributed by atoms with van der Waals surface area (Å²) in [4.78, 5) is 20.7. The average molecular weight is 526 g/mol. The lowest BCUT2D eigenvalue weighted by Gasteiger charge is -2.33. The molecule has 0 saturated carbocycles. The quantitative estimate of drug-likeness (QED) is 0.424. The van der Waals surface area contributed by atoms with E-state index in [1.807, 2.05) is 26.8 Å². The van der Waals surface area contributed by atoms with Crippen molar-refractivity contribution in [2.24, 2.45) is 5.92 Å². The number of unbranched alkanes of at least 4 members (excludes halogenated alkanes) is 1. The van der Waals surface area contributed by atoms with Crippen LogP contribution < -0.4 is 5.56 Å². The first-order valence-corrected chi connectivity index (χ1v) is 14.5. The van der Waals surface area contributed by atoms with Gasteiger partial charge in [0.15, 0.2) is 4.90 Å². The number of pyridine rings is 1. The molecule has 0 spiro atoms. The Bertz CT molecular complexity index is 1390. The Morgan fingerprint density at radius 2 is 1.84 bits per heavy atom. The molecule has 1 aromatic carbocycles. The first kappa shape index (κ1) is 27.0. The second-order valence-electron chi connectivity index (χ2n) is 9.60. The Hall–Kier alpha value is -3.04. The van der Waals surface area contributed by atoms with Crippen LogP contribution in [0.4, 0.5) is 0 Å². The molecule has 1 unspecified atom stereocenters. The summed E-state index contributed by atoms with van der Waals surface area (Å²) in [6.07, 6.45) is 7.84. The minimum atomic E-state index is -4.32. The fourth-order valence-corrected chi connectivity index (χ4v) is 6.54. The van der Waals surface area contributed by atoms with E-state index in [0.29, 0.717) is 31.9 Å². The normalized spacial score (nSPS) is 15.5. The summed E-state index contributed by atoms with van der Waals surface area (Å²) < 4.78 is 34.6. The van der Waals surface area contributed by atoms with E-state index in [9.17, 15) is 18.3 Å². The first-order valence-electron chi connectivity index (χ1n) is 13.0. The molecule has 0 aliphatic carbocycles. The molecule has 9 heteroatoms. The smallest absolute Gasteiger partial charge is 0.296 e. The van der Waals surface area contributed by atoms with Gasteiger partial charge < -0.3 is 9.84 Å². The third kappa shape index (κ3) is 5.48. The Kier molecular flexibility index (Phi) is 8.44. The highest BCUT2D eigenvalue weighted by atomic mass is 32.2. The molecule has 0 amide bonds. The highest BCUT2D eigenvalue weighted by Gasteiger charge is 2.34. The lowest BCUT2D eigenvalue weighted by Crippen LogP contribution is -2.32. The first-order chi connectivity index (χ1) is 17.8. The van der Waals surface area contributed by atoms with E-state index < -0.39 is 26.2 Å². The number of benzene rings is 1. The molecule has 1 fully saturated rings. The van der Waals surface area contributed by atoms with E-state index in [0.717, 1.165) is 42.4 Å². The molecule has 3 aromatic rings. The second-order valence-corrected chi connectivity index (χ2v) is 11.5. The van der Waals surface area contributed by atoms with Gasteiger partial charge in [-0.1, -0.05) is 32.4 Å². The zero-order valence-electron chi connectivity index (χ0n) is 21.7. The number of hydrogen-bond acceptors (Lipinski definition) is 7. The monoisotopic (exact) mass is 525 g/mol. The molecule has 1 atom stereocenters. The van der Waals surface area contributed by atoms with Crippen LogP contribution in [-0.2, 0) is 21.0 Å². The predicted octanol–water partition coefficient (Wildman–Crippen LogP) is 4.87. The number of aromatic hydroxyl groups is 1. The highest BCUT2D eigenvalue weighted by molar-refractivity contribution is 7.91. The van der Waals surface area contributed by atoms with Crippen molar-refractivity contribution in [3.63, 3.8) is 0 Å². The molecule has 0 bridgehead atoms. The van der Waals surface area contributed by atoms with Gasteiger partial charge in [0.1, 0.15) is 5.82 Å². The van der Waals surface area contributed by atoms with Gasteiger partial charge in [-0.25, -0.2) is 8.42 Å². The highest BCUT2D eigenvalue weighted by Crippen LogP contribution is 2.37. The largest absolute Gasteiger partial charge is 0.493 e. The summed E-state index contributed by atoms with van der Waals surface area (Å²) in [7, 11) is -4.32. The molecule has 0 radical (unpaired) electrons. The average Bonchev–Trinajstić information content (AvgIpc) is 2.90. The van der Waals surface area contributed by atoms with Gasteiger partial charge in [0.2, 0.25) is 15.7 Å². The lowest BCUT2D eigenvalue weighted by atomic mass is 9.89. The number of rotatable bonds is 9. The summed E-state index contributed by atoms with van der Waals surface area (Å²) in [6, 6.07) is 8.01. The summed E-state index contributed by atoms with van der Waals surface area (Å²) in [5.41, 5.74) is 1.81. The van der Waals surface area contributed by atoms with Crippen molar-refractivity contribution in [2.45, 2.75) is 75.1 Å². The Labute approximate surface area is 218 Å². The van der Waals surface area contributed by atoms with Crippen molar-refractivity contribution < 1.29 is 18.3 Å². The van der Waals surface area contributed by atoms with E-state index in [-0.39, 0.29) is 16.9 Å². The summed E-state index contributed by atoms with van der Waals surface area (Å²) in [6.45, 7) is 7.22. The minimum Gasteiger partial charge on any atom is -0.493 e. The van der Waals surface area contributed by atoms with E-state index in [1.54, 1.807) is 29.1 Å². The van der Waals surface area contributed by atoms with Crippen LogP contribution in [0.5, 0.6) is 5.88 Å². The van der Waals surface area contributed by atoms with Gasteiger partial charge in [-0.15, -0.1) is 0 Å². The number of sulfone groups is 1. The molecule has 2 aromatic heterocycles. The van der Waals surface area contributed by atoms with Crippen LogP contribution in [0, 0.1) is 12.8 Å². The van der Waals surface area contributed by atoms with Crippen LogP contribution in [0.1, 0.15) is 63.4 Å². The van der Waals surface area contributed by atoms with Gasteiger partial charge in [-0.3, -0.25) is 14.3 Å². The Morgan fingerprint density at radius 1 is 1.14 bits per heavy atom. The van der Waals surface area contributed by atoms with Crippen molar-refractivity contribution in [1.82, 2.24) is 14.5 Å². The van der Waals surface area contributed by atoms with Gasteiger partial charge in [-0.05, 0) is 73.4 Å². The van der Waals surface area contributed by atoms with Crippen molar-refractivity contribution in [3.8, 4) is 17.0 Å². The molecule has 1 saturated heterocycles. The molecule has 198 valence electrons.